The number of fused-ring (bicyclic) bond motifs is 1. The topological polar surface area (TPSA) is 88.6 Å². The Morgan fingerprint density at radius 2 is 1.85 bits per heavy atom. The number of amides is 1. The quantitative estimate of drug-likeness (QED) is 0.569. The third-order valence-electron chi connectivity index (χ3n) is 4.36. The van der Waals surface area contributed by atoms with Gasteiger partial charge in [-0.1, -0.05) is 24.3 Å². The van der Waals surface area contributed by atoms with Crippen LogP contribution in [0, 0.1) is 10.1 Å². The fourth-order valence-electron chi connectivity index (χ4n) is 3.16. The zero-order valence-electron chi connectivity index (χ0n) is 13.7. The zero-order chi connectivity index (χ0) is 18.1. The predicted octanol–water partition coefficient (Wildman–Crippen LogP) is 3.95. The smallest absolute Gasteiger partial charge is 0.276 e. The predicted molar refractivity (Wildman–Crippen MR) is 94.5 cm³/mol. The van der Waals surface area contributed by atoms with Crippen LogP contribution in [0.2, 0.25) is 0 Å². The Labute approximate surface area is 149 Å². The lowest BCUT2D eigenvalue weighted by molar-refractivity contribution is -0.385. The fourth-order valence-corrected chi connectivity index (χ4v) is 3.16. The van der Waals surface area contributed by atoms with Gasteiger partial charge in [-0.3, -0.25) is 14.9 Å². The summed E-state index contributed by atoms with van der Waals surface area (Å²) < 4.78 is 5.38. The molecule has 26 heavy (non-hydrogen) atoms. The number of anilines is 1. The number of carbonyl (C=O) groups is 1. The van der Waals surface area contributed by atoms with Crippen LogP contribution < -0.4 is 5.32 Å². The largest absolute Gasteiger partial charge is 0.467 e. The molecule has 1 aliphatic heterocycles. The van der Waals surface area contributed by atoms with E-state index in [0.717, 1.165) is 0 Å². The molecule has 0 spiro atoms. The van der Waals surface area contributed by atoms with Gasteiger partial charge in [0.25, 0.3) is 11.6 Å². The molecule has 1 aromatic heterocycles. The number of para-hydroxylation sites is 2. The van der Waals surface area contributed by atoms with E-state index in [9.17, 15) is 14.9 Å². The van der Waals surface area contributed by atoms with Gasteiger partial charge in [-0.2, -0.15) is 0 Å². The highest BCUT2D eigenvalue weighted by Gasteiger charge is 2.36. The summed E-state index contributed by atoms with van der Waals surface area (Å²) in [6.07, 6.45) is 0.856. The van der Waals surface area contributed by atoms with Crippen LogP contribution >= 0.6 is 0 Å². The van der Waals surface area contributed by atoms with Crippen molar-refractivity contribution in [1.29, 1.82) is 0 Å². The van der Waals surface area contributed by atoms with Gasteiger partial charge in [0.05, 0.1) is 28.9 Å². The van der Waals surface area contributed by atoms with E-state index in [1.54, 1.807) is 53.4 Å². The second-order valence-electron chi connectivity index (χ2n) is 5.92. The van der Waals surface area contributed by atoms with Crippen LogP contribution in [0.1, 0.15) is 27.8 Å². The summed E-state index contributed by atoms with van der Waals surface area (Å²) in [7, 11) is 0. The summed E-state index contributed by atoms with van der Waals surface area (Å²) in [5.74, 6) is 0.391. The van der Waals surface area contributed by atoms with E-state index >= 15 is 0 Å². The van der Waals surface area contributed by atoms with Crippen molar-refractivity contribution in [2.75, 3.05) is 5.32 Å². The molecule has 7 heteroatoms. The highest BCUT2D eigenvalue weighted by Crippen LogP contribution is 2.37. The molecule has 0 bridgehead atoms. The first-order valence-corrected chi connectivity index (χ1v) is 8.07. The van der Waals surface area contributed by atoms with Crippen LogP contribution in [-0.4, -0.2) is 15.7 Å². The number of hydrogen-bond acceptors (Lipinski definition) is 5. The summed E-state index contributed by atoms with van der Waals surface area (Å²) in [6, 6.07) is 17.1. The lowest BCUT2D eigenvalue weighted by Crippen LogP contribution is -2.42. The molecular formula is C19H15N3O4. The molecular weight excluding hydrogens is 334 g/mol. The maximum Gasteiger partial charge on any atom is 0.276 e. The molecule has 7 nitrogen and oxygen atoms in total. The molecule has 0 saturated carbocycles. The van der Waals surface area contributed by atoms with Crippen LogP contribution in [0.5, 0.6) is 0 Å². The second-order valence-corrected chi connectivity index (χ2v) is 5.92. The van der Waals surface area contributed by atoms with Gasteiger partial charge in [0.2, 0.25) is 0 Å². The van der Waals surface area contributed by atoms with Crippen molar-refractivity contribution in [3.05, 3.63) is 93.9 Å². The van der Waals surface area contributed by atoms with Crippen molar-refractivity contribution in [1.82, 2.24) is 4.90 Å². The van der Waals surface area contributed by atoms with E-state index in [1.807, 2.05) is 6.07 Å². The van der Waals surface area contributed by atoms with Gasteiger partial charge in [0.15, 0.2) is 0 Å². The third kappa shape index (κ3) is 2.69. The Morgan fingerprint density at radius 1 is 1.08 bits per heavy atom. The number of furan rings is 1. The van der Waals surface area contributed by atoms with Crippen LogP contribution in [0.25, 0.3) is 0 Å². The molecule has 0 unspecified atom stereocenters. The molecule has 0 aliphatic carbocycles. The Bertz CT molecular complexity index is 968. The number of rotatable bonds is 4. The third-order valence-corrected chi connectivity index (χ3v) is 4.36. The normalized spacial score (nSPS) is 16.1. The lowest BCUT2D eigenvalue weighted by atomic mass is 10.0. The average Bonchev–Trinajstić information content (AvgIpc) is 3.17. The number of nitro groups is 1. The van der Waals surface area contributed by atoms with Gasteiger partial charge in [-0.15, -0.1) is 0 Å². The van der Waals surface area contributed by atoms with Crippen LogP contribution in [0.15, 0.2) is 71.3 Å². The number of hydrogen-bond donors (Lipinski definition) is 1. The number of nitrogens with one attached hydrogen (secondary N) is 1. The Balaban J connectivity index is 1.82. The van der Waals surface area contributed by atoms with Gasteiger partial charge >= 0.3 is 0 Å². The Hall–Kier alpha value is -3.61. The first-order chi connectivity index (χ1) is 12.6. The summed E-state index contributed by atoms with van der Waals surface area (Å²) in [4.78, 5) is 25.7. The molecule has 1 aliphatic rings. The molecule has 130 valence electrons. The first-order valence-electron chi connectivity index (χ1n) is 8.07. The minimum absolute atomic E-state index is 0.0402. The van der Waals surface area contributed by atoms with E-state index in [2.05, 4.69) is 5.32 Å². The van der Waals surface area contributed by atoms with Gasteiger partial charge < -0.3 is 14.6 Å². The molecule has 1 atom stereocenters. The van der Waals surface area contributed by atoms with Crippen LogP contribution in [0.3, 0.4) is 0 Å². The van der Waals surface area contributed by atoms with Gasteiger partial charge in [-0.05, 0) is 30.3 Å². The highest BCUT2D eigenvalue weighted by molar-refractivity contribution is 6.01. The second kappa shape index (κ2) is 6.36. The van der Waals surface area contributed by atoms with Crippen molar-refractivity contribution >= 4 is 17.3 Å². The minimum Gasteiger partial charge on any atom is -0.467 e. The fraction of sp³-hybridized carbons (Fsp3) is 0.105. The van der Waals surface area contributed by atoms with Crippen molar-refractivity contribution in [3.63, 3.8) is 0 Å². The van der Waals surface area contributed by atoms with Crippen LogP contribution in [0.4, 0.5) is 11.4 Å². The first kappa shape index (κ1) is 15.9. The number of nitro benzene ring substituents is 1. The Morgan fingerprint density at radius 3 is 2.62 bits per heavy atom. The van der Waals surface area contributed by atoms with Crippen molar-refractivity contribution < 1.29 is 14.1 Å². The van der Waals surface area contributed by atoms with Gasteiger partial charge in [0.1, 0.15) is 11.9 Å². The van der Waals surface area contributed by atoms with Gasteiger partial charge in [0, 0.05) is 11.8 Å². The zero-order valence-corrected chi connectivity index (χ0v) is 13.7. The van der Waals surface area contributed by atoms with Gasteiger partial charge in [-0.25, -0.2) is 0 Å². The van der Waals surface area contributed by atoms with E-state index in [0.29, 0.717) is 22.6 Å². The number of benzene rings is 2. The molecule has 1 N–H and O–H groups in total. The van der Waals surface area contributed by atoms with E-state index in [4.69, 9.17) is 4.42 Å². The molecule has 2 heterocycles. The van der Waals surface area contributed by atoms with E-state index in [-0.39, 0.29) is 18.1 Å². The van der Waals surface area contributed by atoms with Crippen molar-refractivity contribution in [2.45, 2.75) is 12.7 Å². The maximum absolute atomic E-state index is 13.1. The average molecular weight is 349 g/mol. The molecule has 4 rings (SSSR count). The van der Waals surface area contributed by atoms with E-state index in [1.165, 1.54) is 12.3 Å². The highest BCUT2D eigenvalue weighted by atomic mass is 16.6. The number of carbonyl (C=O) groups excluding carboxylic acids is 1. The molecule has 0 radical (unpaired) electrons. The van der Waals surface area contributed by atoms with Crippen molar-refractivity contribution in [3.8, 4) is 0 Å². The monoisotopic (exact) mass is 349 g/mol. The molecule has 0 saturated heterocycles. The molecule has 1 amide bonds. The maximum atomic E-state index is 13.1. The summed E-state index contributed by atoms with van der Waals surface area (Å²) in [5, 5.41) is 14.7. The SMILES string of the molecule is O=C1c2ccccc2N[C@H](c2ccccc2[N+](=O)[O-])N1Cc1ccco1. The minimum atomic E-state index is -0.677. The summed E-state index contributed by atoms with van der Waals surface area (Å²) in [5.41, 5.74) is 1.55. The summed E-state index contributed by atoms with van der Waals surface area (Å²) >= 11 is 0. The van der Waals surface area contributed by atoms with Crippen molar-refractivity contribution in [2.24, 2.45) is 0 Å². The molecule has 0 fully saturated rings. The Kier molecular flexibility index (Phi) is 3.89. The summed E-state index contributed by atoms with van der Waals surface area (Å²) in [6.45, 7) is 0.198. The lowest BCUT2D eigenvalue weighted by Gasteiger charge is -2.37. The standard InChI is InChI=1S/C19H15N3O4/c23-19-14-7-1-3-9-16(14)20-18(21(19)12-13-6-5-11-26-13)15-8-2-4-10-17(15)22(24)25/h1-11,18,20H,12H2/t18-/m0/s1. The number of nitrogens with zero attached hydrogens (tertiary/aromatic N) is 2. The van der Waals surface area contributed by atoms with E-state index < -0.39 is 11.1 Å². The molecule has 2 aromatic carbocycles. The molecule has 3 aromatic rings. The van der Waals surface area contributed by atoms with Crippen LogP contribution in [-0.2, 0) is 6.54 Å².